The van der Waals surface area contributed by atoms with Crippen molar-refractivity contribution in [2.75, 3.05) is 20.2 Å². The zero-order valence-electron chi connectivity index (χ0n) is 15.8. The second kappa shape index (κ2) is 6.93. The minimum atomic E-state index is -1.51. The predicted octanol–water partition coefficient (Wildman–Crippen LogP) is 1.26. The Labute approximate surface area is 166 Å². The van der Waals surface area contributed by atoms with Crippen LogP contribution in [0.15, 0.2) is 4.99 Å². The average molecular weight is 446 g/mol. The van der Waals surface area contributed by atoms with Crippen LogP contribution in [0.3, 0.4) is 0 Å². The number of fused-ring (bicyclic) bond motifs is 1. The molecule has 0 radical (unpaired) electrons. The lowest BCUT2D eigenvalue weighted by Crippen LogP contribution is -2.70. The number of imide groups is 1. The molecular formula is C16H24BrN5O5. The molecule has 0 aromatic heterocycles. The van der Waals surface area contributed by atoms with E-state index in [2.05, 4.69) is 26.5 Å². The number of rotatable bonds is 2. The fourth-order valence-electron chi connectivity index (χ4n) is 3.50. The number of likely N-dealkylation sites (tertiary alicyclic amines) is 1. The molecule has 0 aliphatic carbocycles. The van der Waals surface area contributed by atoms with Crippen LogP contribution in [-0.2, 0) is 14.3 Å². The third kappa shape index (κ3) is 3.49. The van der Waals surface area contributed by atoms with Gasteiger partial charge < -0.3 is 19.3 Å². The first kappa shape index (κ1) is 19.9. The lowest BCUT2D eigenvalue weighted by molar-refractivity contribution is -0.155. The fourth-order valence-corrected chi connectivity index (χ4v) is 4.08. The van der Waals surface area contributed by atoms with Crippen LogP contribution in [-0.4, -0.2) is 81.8 Å². The summed E-state index contributed by atoms with van der Waals surface area (Å²) < 4.78 is 12.1. The van der Waals surface area contributed by atoms with E-state index in [4.69, 9.17) is 9.47 Å². The zero-order chi connectivity index (χ0) is 20.0. The van der Waals surface area contributed by atoms with Crippen molar-refractivity contribution < 1.29 is 23.9 Å². The second-order valence-corrected chi connectivity index (χ2v) is 8.50. The van der Waals surface area contributed by atoms with Crippen molar-refractivity contribution in [1.29, 1.82) is 0 Å². The van der Waals surface area contributed by atoms with E-state index in [9.17, 15) is 14.4 Å². The van der Waals surface area contributed by atoms with Crippen LogP contribution < -0.4 is 5.32 Å². The van der Waals surface area contributed by atoms with E-state index in [0.717, 1.165) is 0 Å². The second-order valence-electron chi connectivity index (χ2n) is 7.74. The Hall–Kier alpha value is -1.88. The first-order valence-corrected chi connectivity index (χ1v) is 9.46. The van der Waals surface area contributed by atoms with Crippen molar-refractivity contribution in [3.8, 4) is 0 Å². The van der Waals surface area contributed by atoms with Crippen LogP contribution in [0, 0.1) is 0 Å². The van der Waals surface area contributed by atoms with Crippen molar-refractivity contribution >= 4 is 40.5 Å². The minimum Gasteiger partial charge on any atom is -0.444 e. The highest BCUT2D eigenvalue weighted by molar-refractivity contribution is 9.07. The molecule has 0 aromatic rings. The van der Waals surface area contributed by atoms with Gasteiger partial charge in [-0.3, -0.25) is 10.1 Å². The summed E-state index contributed by atoms with van der Waals surface area (Å²) in [5.74, 6) is -0.597. The van der Waals surface area contributed by atoms with E-state index in [0.29, 0.717) is 25.9 Å². The van der Waals surface area contributed by atoms with Gasteiger partial charge in [0.25, 0.3) is 11.6 Å². The molecule has 0 saturated carbocycles. The Kier molecular flexibility index (Phi) is 5.10. The van der Waals surface area contributed by atoms with Gasteiger partial charge in [-0.25, -0.2) is 18.5 Å². The number of carbonyl (C=O) groups is 3. The van der Waals surface area contributed by atoms with E-state index >= 15 is 0 Å². The number of nitrogens with zero attached hydrogens (tertiary/aromatic N) is 4. The first-order chi connectivity index (χ1) is 12.6. The Morgan fingerprint density at radius 3 is 2.52 bits per heavy atom. The summed E-state index contributed by atoms with van der Waals surface area (Å²) in [6, 6.07) is -0.576. The number of carbonyl (C=O) groups excluding carboxylic acids is 3. The van der Waals surface area contributed by atoms with Gasteiger partial charge in [0.15, 0.2) is 6.17 Å². The highest BCUT2D eigenvalue weighted by atomic mass is 79.9. The van der Waals surface area contributed by atoms with E-state index in [1.807, 2.05) is 25.7 Å². The molecule has 4 amide bonds. The van der Waals surface area contributed by atoms with E-state index in [-0.39, 0.29) is 12.1 Å². The first-order valence-electron chi connectivity index (χ1n) is 8.75. The lowest BCUT2D eigenvalue weighted by atomic mass is 10.0. The molecule has 0 aromatic carbocycles. The minimum absolute atomic E-state index is 0.00629. The van der Waals surface area contributed by atoms with Gasteiger partial charge in [0.1, 0.15) is 5.60 Å². The Balaban J connectivity index is 1.70. The molecule has 150 valence electrons. The number of nitrogens with one attached hydrogen (secondary N) is 1. The summed E-state index contributed by atoms with van der Waals surface area (Å²) in [7, 11) is 1.38. The van der Waals surface area contributed by atoms with Crippen molar-refractivity contribution in [2.45, 2.75) is 57.1 Å². The van der Waals surface area contributed by atoms with Crippen molar-refractivity contribution in [2.24, 2.45) is 4.99 Å². The van der Waals surface area contributed by atoms with Crippen LogP contribution in [0.1, 0.15) is 33.6 Å². The number of halogens is 1. The summed E-state index contributed by atoms with van der Waals surface area (Å²) in [6.07, 6.45) is 1.78. The van der Waals surface area contributed by atoms with Gasteiger partial charge in [0, 0.05) is 26.2 Å². The maximum absolute atomic E-state index is 12.4. The SMILES string of the molecule is COC12N=CN(C3CCN(C(=O)OC(C)(C)C)CC3)C1N(Br)C(=O)NC2=O. The molecule has 11 heteroatoms. The molecular weight excluding hydrogens is 422 g/mol. The van der Waals surface area contributed by atoms with Crippen molar-refractivity contribution in [3.63, 3.8) is 0 Å². The molecule has 3 rings (SSSR count). The van der Waals surface area contributed by atoms with Gasteiger partial charge in [0.05, 0.1) is 22.5 Å². The van der Waals surface area contributed by atoms with Gasteiger partial charge in [-0.15, -0.1) is 0 Å². The molecule has 27 heavy (non-hydrogen) atoms. The number of piperidine rings is 1. The summed E-state index contributed by atoms with van der Waals surface area (Å²) >= 11 is 3.22. The van der Waals surface area contributed by atoms with Gasteiger partial charge >= 0.3 is 12.1 Å². The number of hydrogen-bond acceptors (Lipinski definition) is 7. The van der Waals surface area contributed by atoms with Gasteiger partial charge in [-0.05, 0) is 33.6 Å². The van der Waals surface area contributed by atoms with Crippen molar-refractivity contribution in [1.82, 2.24) is 19.0 Å². The monoisotopic (exact) mass is 445 g/mol. The Morgan fingerprint density at radius 1 is 1.33 bits per heavy atom. The number of ether oxygens (including phenoxy) is 2. The lowest BCUT2D eigenvalue weighted by Gasteiger charge is -2.46. The normalized spacial score (nSPS) is 29.1. The molecule has 1 N–H and O–H groups in total. The summed E-state index contributed by atoms with van der Waals surface area (Å²) in [6.45, 7) is 6.52. The number of aliphatic imine (C=N–C) groups is 1. The average Bonchev–Trinajstić information content (AvgIpc) is 3.00. The highest BCUT2D eigenvalue weighted by Gasteiger charge is 2.61. The van der Waals surface area contributed by atoms with Crippen LogP contribution >= 0.6 is 16.1 Å². The smallest absolute Gasteiger partial charge is 0.410 e. The van der Waals surface area contributed by atoms with Gasteiger partial charge in [-0.1, -0.05) is 0 Å². The highest BCUT2D eigenvalue weighted by Crippen LogP contribution is 2.37. The van der Waals surface area contributed by atoms with Crippen molar-refractivity contribution in [3.05, 3.63) is 0 Å². The number of urea groups is 1. The standard InChI is InChI=1S/C16H24BrN5O5/c1-15(2,3)27-14(25)20-7-5-10(6-8-20)21-9-18-16(26-4)11(23)19-13(24)22(17)12(16)21/h9-10,12H,5-8H2,1-4H3,(H,19,23,24). The summed E-state index contributed by atoms with van der Waals surface area (Å²) in [5.41, 5.74) is -2.06. The predicted molar refractivity (Wildman–Crippen MR) is 99.0 cm³/mol. The molecule has 2 fully saturated rings. The molecule has 3 aliphatic heterocycles. The maximum atomic E-state index is 12.4. The molecule has 3 heterocycles. The Bertz CT molecular complexity index is 673. The van der Waals surface area contributed by atoms with Crippen LogP contribution in [0.5, 0.6) is 0 Å². The molecule has 2 unspecified atom stereocenters. The quantitative estimate of drug-likeness (QED) is 0.641. The van der Waals surface area contributed by atoms with Crippen LogP contribution in [0.25, 0.3) is 0 Å². The summed E-state index contributed by atoms with van der Waals surface area (Å²) in [5, 5.41) is 2.23. The number of methoxy groups -OCH3 is 1. The van der Waals surface area contributed by atoms with Gasteiger partial charge in [-0.2, -0.15) is 0 Å². The Morgan fingerprint density at radius 2 is 1.96 bits per heavy atom. The molecule has 10 nitrogen and oxygen atoms in total. The molecule has 2 saturated heterocycles. The third-order valence-corrected chi connectivity index (χ3v) is 5.53. The van der Waals surface area contributed by atoms with E-state index in [1.54, 1.807) is 11.2 Å². The topological polar surface area (TPSA) is 104 Å². The molecule has 0 spiro atoms. The van der Waals surface area contributed by atoms with Crippen LogP contribution in [0.2, 0.25) is 0 Å². The fraction of sp³-hybridized carbons (Fsp3) is 0.750. The molecule has 3 aliphatic rings. The maximum Gasteiger partial charge on any atom is 0.410 e. The summed E-state index contributed by atoms with van der Waals surface area (Å²) in [4.78, 5) is 44.4. The van der Waals surface area contributed by atoms with E-state index < -0.39 is 29.4 Å². The van der Waals surface area contributed by atoms with E-state index in [1.165, 1.54) is 11.0 Å². The largest absolute Gasteiger partial charge is 0.444 e. The number of amides is 4. The molecule has 2 atom stereocenters. The third-order valence-electron chi connectivity index (χ3n) is 4.82. The number of hydrogen-bond donors (Lipinski definition) is 1. The molecule has 0 bridgehead atoms. The zero-order valence-corrected chi connectivity index (χ0v) is 17.4. The van der Waals surface area contributed by atoms with Crippen LogP contribution in [0.4, 0.5) is 9.59 Å². The van der Waals surface area contributed by atoms with Gasteiger partial charge in [0.2, 0.25) is 0 Å².